The van der Waals surface area contributed by atoms with Crippen molar-refractivity contribution in [3.05, 3.63) is 21.9 Å². The number of carbonyl (C=O) groups excluding carboxylic acids is 1. The van der Waals surface area contributed by atoms with E-state index in [-0.39, 0.29) is 12.1 Å². The summed E-state index contributed by atoms with van der Waals surface area (Å²) < 4.78 is 5.82. The standard InChI is InChI=1S/C16H22N2O2S/c19-16(18-9-11-2-1-3-12(11)10-18)17-8-14-13-5-7-21-15(13)4-6-20-14/h5,7,11-12,14H,1-4,6,8-10H2,(H,17,19)/t11-,12+,14-/m1/s1. The van der Waals surface area contributed by atoms with Gasteiger partial charge in [0.05, 0.1) is 6.61 Å². The minimum atomic E-state index is 0.0334. The second-order valence-electron chi connectivity index (χ2n) is 6.45. The van der Waals surface area contributed by atoms with Crippen LogP contribution in [0.5, 0.6) is 0 Å². The average molecular weight is 306 g/mol. The molecule has 0 aromatic carbocycles. The van der Waals surface area contributed by atoms with Crippen molar-refractivity contribution < 1.29 is 9.53 Å². The first-order valence-corrected chi connectivity index (χ1v) is 8.90. The zero-order valence-corrected chi connectivity index (χ0v) is 13.0. The van der Waals surface area contributed by atoms with Crippen LogP contribution in [0.2, 0.25) is 0 Å². The molecule has 2 amide bonds. The maximum Gasteiger partial charge on any atom is 0.317 e. The van der Waals surface area contributed by atoms with Crippen LogP contribution in [0, 0.1) is 11.8 Å². The minimum Gasteiger partial charge on any atom is -0.371 e. The van der Waals surface area contributed by atoms with Gasteiger partial charge in [0.25, 0.3) is 0 Å². The number of hydrogen-bond donors (Lipinski definition) is 1. The molecule has 1 N–H and O–H groups in total. The third-order valence-electron chi connectivity index (χ3n) is 5.23. The van der Waals surface area contributed by atoms with Crippen molar-refractivity contribution in [2.24, 2.45) is 11.8 Å². The van der Waals surface area contributed by atoms with E-state index in [1.54, 1.807) is 11.3 Å². The summed E-state index contributed by atoms with van der Waals surface area (Å²) in [4.78, 5) is 15.8. The Bertz CT molecular complexity index is 518. The lowest BCUT2D eigenvalue weighted by Gasteiger charge is -2.25. The molecule has 1 saturated heterocycles. The Balaban J connectivity index is 1.33. The molecule has 21 heavy (non-hydrogen) atoms. The van der Waals surface area contributed by atoms with E-state index in [0.717, 1.165) is 38.0 Å². The molecule has 3 aliphatic rings. The number of carbonyl (C=O) groups is 1. The van der Waals surface area contributed by atoms with E-state index < -0.39 is 0 Å². The maximum atomic E-state index is 12.3. The van der Waals surface area contributed by atoms with E-state index in [2.05, 4.69) is 16.8 Å². The van der Waals surface area contributed by atoms with E-state index in [0.29, 0.717) is 6.54 Å². The number of fused-ring (bicyclic) bond motifs is 2. The van der Waals surface area contributed by atoms with Gasteiger partial charge in [0.1, 0.15) is 6.10 Å². The summed E-state index contributed by atoms with van der Waals surface area (Å²) in [6, 6.07) is 2.23. The molecule has 4 nitrogen and oxygen atoms in total. The minimum absolute atomic E-state index is 0.0334. The molecule has 0 bridgehead atoms. The van der Waals surface area contributed by atoms with Gasteiger partial charge in [-0.1, -0.05) is 6.42 Å². The molecule has 2 fully saturated rings. The van der Waals surface area contributed by atoms with Gasteiger partial charge in [-0.15, -0.1) is 11.3 Å². The van der Waals surface area contributed by atoms with Crippen molar-refractivity contribution in [3.8, 4) is 0 Å². The lowest BCUT2D eigenvalue weighted by atomic mass is 10.0. The van der Waals surface area contributed by atoms with Crippen LogP contribution in [0.15, 0.2) is 11.4 Å². The van der Waals surface area contributed by atoms with Gasteiger partial charge >= 0.3 is 6.03 Å². The molecule has 1 saturated carbocycles. The normalized spacial score (nSPS) is 31.0. The van der Waals surface area contributed by atoms with E-state index >= 15 is 0 Å². The summed E-state index contributed by atoms with van der Waals surface area (Å²) in [5, 5.41) is 5.20. The molecule has 0 radical (unpaired) electrons. The molecule has 3 atom stereocenters. The molecule has 1 aromatic heterocycles. The lowest BCUT2D eigenvalue weighted by molar-refractivity contribution is 0.0445. The number of ether oxygens (including phenoxy) is 1. The maximum absolute atomic E-state index is 12.3. The Morgan fingerprint density at radius 1 is 1.38 bits per heavy atom. The van der Waals surface area contributed by atoms with Gasteiger partial charge in [0, 0.05) is 30.9 Å². The fourth-order valence-corrected chi connectivity index (χ4v) is 5.00. The van der Waals surface area contributed by atoms with Crippen LogP contribution in [-0.2, 0) is 11.2 Å². The third-order valence-corrected chi connectivity index (χ3v) is 6.22. The predicted octanol–water partition coefficient (Wildman–Crippen LogP) is 2.80. The predicted molar refractivity (Wildman–Crippen MR) is 82.5 cm³/mol. The van der Waals surface area contributed by atoms with Crippen LogP contribution in [0.1, 0.15) is 35.8 Å². The van der Waals surface area contributed by atoms with Crippen molar-refractivity contribution in [3.63, 3.8) is 0 Å². The van der Waals surface area contributed by atoms with Crippen LogP contribution < -0.4 is 5.32 Å². The van der Waals surface area contributed by atoms with Gasteiger partial charge in [-0.25, -0.2) is 4.79 Å². The molecular weight excluding hydrogens is 284 g/mol. The van der Waals surface area contributed by atoms with Crippen LogP contribution >= 0.6 is 11.3 Å². The summed E-state index contributed by atoms with van der Waals surface area (Å²) in [6.07, 6.45) is 5.00. The second-order valence-corrected chi connectivity index (χ2v) is 7.45. The van der Waals surface area contributed by atoms with Crippen molar-refractivity contribution >= 4 is 17.4 Å². The van der Waals surface area contributed by atoms with E-state index in [4.69, 9.17) is 4.74 Å². The van der Waals surface area contributed by atoms with Gasteiger partial charge in [-0.05, 0) is 41.7 Å². The van der Waals surface area contributed by atoms with Crippen LogP contribution in [-0.4, -0.2) is 37.2 Å². The Kier molecular flexibility index (Phi) is 3.63. The molecule has 0 spiro atoms. The highest BCUT2D eigenvalue weighted by Crippen LogP contribution is 2.37. The summed E-state index contributed by atoms with van der Waals surface area (Å²) in [6.45, 7) is 3.26. The van der Waals surface area contributed by atoms with Gasteiger partial charge in [-0.2, -0.15) is 0 Å². The molecular formula is C16H22N2O2S. The summed E-state index contributed by atoms with van der Waals surface area (Å²) in [5.41, 5.74) is 1.27. The number of amides is 2. The van der Waals surface area contributed by atoms with Crippen LogP contribution in [0.25, 0.3) is 0 Å². The largest absolute Gasteiger partial charge is 0.371 e. The Morgan fingerprint density at radius 3 is 3.00 bits per heavy atom. The number of hydrogen-bond acceptors (Lipinski definition) is 3. The van der Waals surface area contributed by atoms with E-state index in [9.17, 15) is 4.79 Å². The molecule has 1 aliphatic carbocycles. The first kappa shape index (κ1) is 13.6. The summed E-state index contributed by atoms with van der Waals surface area (Å²) in [7, 11) is 0. The number of urea groups is 1. The van der Waals surface area contributed by atoms with Gasteiger partial charge in [0.15, 0.2) is 0 Å². The van der Waals surface area contributed by atoms with Gasteiger partial charge < -0.3 is 15.0 Å². The van der Waals surface area contributed by atoms with Gasteiger partial charge in [0.2, 0.25) is 0 Å². The fraction of sp³-hybridized carbons (Fsp3) is 0.688. The van der Waals surface area contributed by atoms with Crippen LogP contribution in [0.3, 0.4) is 0 Å². The molecule has 0 unspecified atom stereocenters. The van der Waals surface area contributed by atoms with E-state index in [1.807, 2.05) is 4.90 Å². The SMILES string of the molecule is O=C(NC[C@H]1OCCc2sccc21)N1C[C@H]2CCC[C@H]2C1. The number of nitrogens with zero attached hydrogens (tertiary/aromatic N) is 1. The highest BCUT2D eigenvalue weighted by molar-refractivity contribution is 7.10. The molecule has 3 heterocycles. The molecule has 5 heteroatoms. The molecule has 2 aliphatic heterocycles. The van der Waals surface area contributed by atoms with E-state index in [1.165, 1.54) is 29.7 Å². The Morgan fingerprint density at radius 2 is 2.19 bits per heavy atom. The zero-order valence-electron chi connectivity index (χ0n) is 12.2. The summed E-state index contributed by atoms with van der Waals surface area (Å²) in [5.74, 6) is 1.51. The number of thiophene rings is 1. The Hall–Kier alpha value is -1.07. The number of likely N-dealkylation sites (tertiary alicyclic amines) is 1. The zero-order chi connectivity index (χ0) is 14.2. The van der Waals surface area contributed by atoms with Crippen molar-refractivity contribution in [1.29, 1.82) is 0 Å². The Labute approximate surface area is 129 Å². The smallest absolute Gasteiger partial charge is 0.317 e. The molecule has 1 aromatic rings. The van der Waals surface area contributed by atoms with Crippen molar-refractivity contribution in [2.75, 3.05) is 26.2 Å². The van der Waals surface area contributed by atoms with Gasteiger partial charge in [-0.3, -0.25) is 0 Å². The average Bonchev–Trinajstić information content (AvgIpc) is 3.18. The fourth-order valence-electron chi connectivity index (χ4n) is 4.09. The summed E-state index contributed by atoms with van der Waals surface area (Å²) >= 11 is 1.80. The van der Waals surface area contributed by atoms with Crippen LogP contribution in [0.4, 0.5) is 4.79 Å². The second kappa shape index (κ2) is 5.61. The number of nitrogens with one attached hydrogen (secondary N) is 1. The highest BCUT2D eigenvalue weighted by atomic mass is 32.1. The topological polar surface area (TPSA) is 41.6 Å². The lowest BCUT2D eigenvalue weighted by Crippen LogP contribution is -2.41. The first-order chi connectivity index (χ1) is 10.3. The van der Waals surface area contributed by atoms with Crippen molar-refractivity contribution in [1.82, 2.24) is 10.2 Å². The third kappa shape index (κ3) is 2.57. The number of rotatable bonds is 2. The monoisotopic (exact) mass is 306 g/mol. The highest BCUT2D eigenvalue weighted by Gasteiger charge is 2.38. The van der Waals surface area contributed by atoms with Crippen molar-refractivity contribution in [2.45, 2.75) is 31.8 Å². The first-order valence-electron chi connectivity index (χ1n) is 8.02. The molecule has 114 valence electrons. The quantitative estimate of drug-likeness (QED) is 0.913. The molecule has 4 rings (SSSR count).